The van der Waals surface area contributed by atoms with Crippen molar-refractivity contribution >= 4 is 11.6 Å². The standard InChI is InChI=1S/C21H23FN6O/c1-13-18(22)21(26-19(24-13)14-2-3-14)28-7-5-27(6-8-28)20-15(11-23)10-16-12-29-9-4-17(16)25-20/h10,14H,2-9,12H2,1H3. The third kappa shape index (κ3) is 3.40. The molecule has 4 heterocycles. The Morgan fingerprint density at radius 1 is 1.10 bits per heavy atom. The summed E-state index contributed by atoms with van der Waals surface area (Å²) in [6, 6.07) is 4.18. The molecule has 29 heavy (non-hydrogen) atoms. The number of nitriles is 1. The minimum Gasteiger partial charge on any atom is -0.376 e. The monoisotopic (exact) mass is 394 g/mol. The number of nitrogens with zero attached hydrogens (tertiary/aromatic N) is 6. The molecule has 0 radical (unpaired) electrons. The summed E-state index contributed by atoms with van der Waals surface area (Å²) in [5.74, 6) is 1.97. The number of hydrogen-bond donors (Lipinski definition) is 0. The second kappa shape index (κ2) is 7.23. The predicted octanol–water partition coefficient (Wildman–Crippen LogP) is 2.47. The van der Waals surface area contributed by atoms with Crippen molar-refractivity contribution in [1.29, 1.82) is 5.26 Å². The van der Waals surface area contributed by atoms with E-state index in [0.29, 0.717) is 62.4 Å². The van der Waals surface area contributed by atoms with Gasteiger partial charge >= 0.3 is 0 Å². The van der Waals surface area contributed by atoms with Crippen LogP contribution >= 0.6 is 0 Å². The fourth-order valence-electron chi connectivity index (χ4n) is 4.03. The van der Waals surface area contributed by atoms with Gasteiger partial charge in [-0.05, 0) is 25.8 Å². The quantitative estimate of drug-likeness (QED) is 0.791. The Morgan fingerprint density at radius 3 is 2.52 bits per heavy atom. The van der Waals surface area contributed by atoms with Crippen LogP contribution in [0.4, 0.5) is 16.0 Å². The van der Waals surface area contributed by atoms with Crippen LogP contribution in [0.15, 0.2) is 6.07 Å². The number of halogens is 1. The molecule has 2 aliphatic heterocycles. The van der Waals surface area contributed by atoms with E-state index in [1.165, 1.54) is 0 Å². The topological polar surface area (TPSA) is 78.2 Å². The van der Waals surface area contributed by atoms with Crippen LogP contribution in [0, 0.1) is 24.1 Å². The molecule has 2 aromatic heterocycles. The van der Waals surface area contributed by atoms with Gasteiger partial charge in [-0.15, -0.1) is 0 Å². The molecule has 1 saturated carbocycles. The molecule has 5 rings (SSSR count). The molecular formula is C21H23FN6O. The average Bonchev–Trinajstić information content (AvgIpc) is 3.60. The molecule has 2 aromatic rings. The van der Waals surface area contributed by atoms with E-state index in [-0.39, 0.29) is 5.82 Å². The molecule has 0 unspecified atom stereocenters. The first-order valence-electron chi connectivity index (χ1n) is 10.2. The Morgan fingerprint density at radius 2 is 1.83 bits per heavy atom. The van der Waals surface area contributed by atoms with E-state index in [1.807, 2.05) is 11.0 Å². The van der Waals surface area contributed by atoms with Gasteiger partial charge in [0.05, 0.1) is 30.2 Å². The van der Waals surface area contributed by atoms with Gasteiger partial charge in [0.1, 0.15) is 17.7 Å². The molecule has 0 atom stereocenters. The number of aryl methyl sites for hydroxylation is 1. The Bertz CT molecular complexity index is 992. The van der Waals surface area contributed by atoms with Gasteiger partial charge in [0.15, 0.2) is 11.6 Å². The lowest BCUT2D eigenvalue weighted by Crippen LogP contribution is -2.48. The Balaban J connectivity index is 1.37. The van der Waals surface area contributed by atoms with Gasteiger partial charge < -0.3 is 14.5 Å². The molecule has 8 heteroatoms. The molecule has 0 spiro atoms. The molecule has 2 fully saturated rings. The van der Waals surface area contributed by atoms with Gasteiger partial charge in [0, 0.05) is 44.1 Å². The van der Waals surface area contributed by atoms with Crippen LogP contribution in [0.1, 0.15) is 47.1 Å². The van der Waals surface area contributed by atoms with Crippen LogP contribution in [0.3, 0.4) is 0 Å². The first-order valence-corrected chi connectivity index (χ1v) is 10.2. The fraction of sp³-hybridized carbons (Fsp3) is 0.524. The van der Waals surface area contributed by atoms with Gasteiger partial charge in [0.2, 0.25) is 0 Å². The van der Waals surface area contributed by atoms with Crippen LogP contribution in [0.5, 0.6) is 0 Å². The van der Waals surface area contributed by atoms with E-state index in [0.717, 1.165) is 42.2 Å². The van der Waals surface area contributed by atoms with Crippen molar-refractivity contribution in [2.75, 3.05) is 42.6 Å². The number of piperazine rings is 1. The van der Waals surface area contributed by atoms with Crippen LogP contribution in [-0.4, -0.2) is 47.7 Å². The first-order chi connectivity index (χ1) is 14.1. The van der Waals surface area contributed by atoms with E-state index in [4.69, 9.17) is 9.72 Å². The lowest BCUT2D eigenvalue weighted by Gasteiger charge is -2.37. The van der Waals surface area contributed by atoms with E-state index in [9.17, 15) is 9.65 Å². The van der Waals surface area contributed by atoms with Crippen molar-refractivity contribution in [1.82, 2.24) is 15.0 Å². The number of rotatable bonds is 3. The summed E-state index contributed by atoms with van der Waals surface area (Å²) in [6.07, 6.45) is 2.94. The smallest absolute Gasteiger partial charge is 0.186 e. The molecule has 3 aliphatic rings. The van der Waals surface area contributed by atoms with Gasteiger partial charge in [-0.1, -0.05) is 0 Å². The second-order valence-corrected chi connectivity index (χ2v) is 7.93. The highest BCUT2D eigenvalue weighted by molar-refractivity contribution is 5.57. The summed E-state index contributed by atoms with van der Waals surface area (Å²) in [7, 11) is 0. The minimum atomic E-state index is -0.326. The van der Waals surface area contributed by atoms with Crippen molar-refractivity contribution in [2.45, 2.75) is 38.7 Å². The number of ether oxygens (including phenoxy) is 1. The average molecular weight is 394 g/mol. The maximum atomic E-state index is 14.7. The summed E-state index contributed by atoms with van der Waals surface area (Å²) >= 11 is 0. The summed E-state index contributed by atoms with van der Waals surface area (Å²) in [5, 5.41) is 9.60. The molecule has 1 saturated heterocycles. The Labute approximate surface area is 169 Å². The lowest BCUT2D eigenvalue weighted by molar-refractivity contribution is 0.109. The SMILES string of the molecule is Cc1nc(C2CC2)nc(N2CCN(c3nc4c(cc3C#N)COCC4)CC2)c1F. The highest BCUT2D eigenvalue weighted by atomic mass is 19.1. The Kier molecular flexibility index (Phi) is 4.55. The summed E-state index contributed by atoms with van der Waals surface area (Å²) in [6.45, 7) is 5.48. The van der Waals surface area contributed by atoms with E-state index in [2.05, 4.69) is 20.9 Å². The normalized spacial score (nSPS) is 19.1. The number of anilines is 2. The summed E-state index contributed by atoms with van der Waals surface area (Å²) in [4.78, 5) is 17.8. The number of hydrogen-bond acceptors (Lipinski definition) is 7. The molecule has 0 aromatic carbocycles. The van der Waals surface area contributed by atoms with Gasteiger partial charge in [-0.25, -0.2) is 19.3 Å². The first kappa shape index (κ1) is 18.3. The second-order valence-electron chi connectivity index (χ2n) is 7.93. The van der Waals surface area contributed by atoms with Crippen molar-refractivity contribution < 1.29 is 9.13 Å². The van der Waals surface area contributed by atoms with Crippen molar-refractivity contribution in [3.8, 4) is 6.07 Å². The van der Waals surface area contributed by atoms with E-state index in [1.54, 1.807) is 6.92 Å². The van der Waals surface area contributed by atoms with Crippen molar-refractivity contribution in [3.63, 3.8) is 0 Å². The molecule has 0 bridgehead atoms. The number of aromatic nitrogens is 3. The predicted molar refractivity (Wildman–Crippen MR) is 105 cm³/mol. The zero-order valence-corrected chi connectivity index (χ0v) is 16.5. The van der Waals surface area contributed by atoms with Gasteiger partial charge in [-0.3, -0.25) is 0 Å². The van der Waals surface area contributed by atoms with E-state index >= 15 is 0 Å². The largest absolute Gasteiger partial charge is 0.376 e. The lowest BCUT2D eigenvalue weighted by atomic mass is 10.1. The summed E-state index contributed by atoms with van der Waals surface area (Å²) < 4.78 is 20.2. The Hall–Kier alpha value is -2.79. The molecule has 150 valence electrons. The highest BCUT2D eigenvalue weighted by Crippen LogP contribution is 2.39. The molecule has 0 amide bonds. The zero-order valence-electron chi connectivity index (χ0n) is 16.5. The maximum absolute atomic E-state index is 14.7. The van der Waals surface area contributed by atoms with Crippen LogP contribution in [-0.2, 0) is 17.8 Å². The number of fused-ring (bicyclic) bond motifs is 1. The fourth-order valence-corrected chi connectivity index (χ4v) is 4.03. The van der Waals surface area contributed by atoms with Crippen LogP contribution in [0.2, 0.25) is 0 Å². The van der Waals surface area contributed by atoms with Crippen LogP contribution in [0.25, 0.3) is 0 Å². The van der Waals surface area contributed by atoms with Crippen LogP contribution < -0.4 is 9.80 Å². The third-order valence-electron chi connectivity index (χ3n) is 5.87. The summed E-state index contributed by atoms with van der Waals surface area (Å²) in [5.41, 5.74) is 3.01. The van der Waals surface area contributed by atoms with Gasteiger partial charge in [-0.2, -0.15) is 5.26 Å². The van der Waals surface area contributed by atoms with E-state index < -0.39 is 0 Å². The zero-order chi connectivity index (χ0) is 20.0. The minimum absolute atomic E-state index is 0.326. The highest BCUT2D eigenvalue weighted by Gasteiger charge is 2.31. The van der Waals surface area contributed by atoms with Gasteiger partial charge in [0.25, 0.3) is 0 Å². The van der Waals surface area contributed by atoms with Crippen molar-refractivity contribution in [3.05, 3.63) is 40.2 Å². The molecule has 1 aliphatic carbocycles. The molecule has 0 N–H and O–H groups in total. The maximum Gasteiger partial charge on any atom is 0.186 e. The van der Waals surface area contributed by atoms with Crippen molar-refractivity contribution in [2.24, 2.45) is 0 Å². The third-order valence-corrected chi connectivity index (χ3v) is 5.87. The number of pyridine rings is 1. The molecule has 7 nitrogen and oxygen atoms in total. The molecular weight excluding hydrogens is 371 g/mol.